The van der Waals surface area contributed by atoms with Crippen LogP contribution in [0.1, 0.15) is 30.8 Å². The molecule has 2 heterocycles. The minimum Gasteiger partial charge on any atom is -0.383 e. The van der Waals surface area contributed by atoms with Gasteiger partial charge in [-0.25, -0.2) is 4.79 Å². The predicted octanol–water partition coefficient (Wildman–Crippen LogP) is 2.12. The van der Waals surface area contributed by atoms with Crippen molar-refractivity contribution in [3.63, 3.8) is 0 Å². The molecule has 130 valence electrons. The van der Waals surface area contributed by atoms with Gasteiger partial charge < -0.3 is 15.0 Å². The van der Waals surface area contributed by atoms with Gasteiger partial charge in [-0.05, 0) is 24.6 Å². The number of carbonyl (C=O) groups is 1. The smallest absolute Gasteiger partial charge is 0.318 e. The Hall–Kier alpha value is -2.41. The zero-order valence-electron chi connectivity index (χ0n) is 14.5. The fourth-order valence-electron chi connectivity index (χ4n) is 2.49. The molecule has 0 saturated heterocycles. The normalized spacial score (nSPS) is 12.0. The highest BCUT2D eigenvalue weighted by molar-refractivity contribution is 5.74. The van der Waals surface area contributed by atoms with Crippen molar-refractivity contribution in [3.05, 3.63) is 48.0 Å². The molecule has 2 aromatic rings. The molecule has 0 aromatic carbocycles. The van der Waals surface area contributed by atoms with Gasteiger partial charge in [0.15, 0.2) is 0 Å². The number of pyridine rings is 1. The van der Waals surface area contributed by atoms with E-state index in [1.165, 1.54) is 0 Å². The maximum Gasteiger partial charge on any atom is 0.318 e. The quantitative estimate of drug-likeness (QED) is 0.804. The van der Waals surface area contributed by atoms with Gasteiger partial charge in [0.2, 0.25) is 0 Å². The number of hydrogen-bond acceptors (Lipinski definition) is 4. The van der Waals surface area contributed by atoms with Crippen LogP contribution in [0.3, 0.4) is 0 Å². The van der Waals surface area contributed by atoms with E-state index in [4.69, 9.17) is 4.74 Å². The van der Waals surface area contributed by atoms with E-state index >= 15 is 0 Å². The Balaban J connectivity index is 2.07. The summed E-state index contributed by atoms with van der Waals surface area (Å²) >= 11 is 0. The number of aryl methyl sites for hydroxylation is 1. The van der Waals surface area contributed by atoms with E-state index in [0.29, 0.717) is 19.7 Å². The van der Waals surface area contributed by atoms with Crippen LogP contribution in [0.4, 0.5) is 4.79 Å². The molecule has 2 aromatic heterocycles. The van der Waals surface area contributed by atoms with Crippen molar-refractivity contribution < 1.29 is 9.53 Å². The van der Waals surface area contributed by atoms with Crippen molar-refractivity contribution in [1.29, 1.82) is 0 Å². The molecule has 0 aliphatic heterocycles. The van der Waals surface area contributed by atoms with E-state index in [0.717, 1.165) is 17.8 Å². The second-order valence-corrected chi connectivity index (χ2v) is 5.53. The fourth-order valence-corrected chi connectivity index (χ4v) is 2.49. The van der Waals surface area contributed by atoms with Crippen LogP contribution in [0, 0.1) is 0 Å². The first-order valence-electron chi connectivity index (χ1n) is 8.07. The van der Waals surface area contributed by atoms with E-state index < -0.39 is 0 Å². The fraction of sp³-hybridized carbons (Fsp3) is 0.471. The summed E-state index contributed by atoms with van der Waals surface area (Å²) in [5.41, 5.74) is 1.83. The molecule has 0 aliphatic carbocycles. The number of carbonyl (C=O) groups excluding carboxylic acids is 1. The van der Waals surface area contributed by atoms with Gasteiger partial charge in [-0.2, -0.15) is 5.10 Å². The number of ether oxygens (including phenoxy) is 1. The summed E-state index contributed by atoms with van der Waals surface area (Å²) in [4.78, 5) is 18.7. The molecule has 2 amide bonds. The zero-order valence-corrected chi connectivity index (χ0v) is 14.5. The minimum absolute atomic E-state index is 0.0845. The topological polar surface area (TPSA) is 72.3 Å². The van der Waals surface area contributed by atoms with E-state index in [1.54, 1.807) is 29.1 Å². The lowest BCUT2D eigenvalue weighted by Crippen LogP contribution is -2.43. The van der Waals surface area contributed by atoms with E-state index in [9.17, 15) is 4.79 Å². The molecule has 2 rings (SSSR count). The van der Waals surface area contributed by atoms with Gasteiger partial charge in [-0.15, -0.1) is 0 Å². The second-order valence-electron chi connectivity index (χ2n) is 5.53. The Bertz CT molecular complexity index is 629. The van der Waals surface area contributed by atoms with E-state index in [2.05, 4.69) is 15.4 Å². The first-order chi connectivity index (χ1) is 11.7. The molecule has 0 unspecified atom stereocenters. The molecular formula is C17H25N5O2. The summed E-state index contributed by atoms with van der Waals surface area (Å²) in [6, 6.07) is 7.39. The van der Waals surface area contributed by atoms with Crippen molar-refractivity contribution in [1.82, 2.24) is 25.0 Å². The van der Waals surface area contributed by atoms with Crippen molar-refractivity contribution in [2.45, 2.75) is 25.9 Å². The van der Waals surface area contributed by atoms with Crippen molar-refractivity contribution in [3.8, 4) is 0 Å². The summed E-state index contributed by atoms with van der Waals surface area (Å²) in [7, 11) is 3.50. The Morgan fingerprint density at radius 1 is 1.38 bits per heavy atom. The molecular weight excluding hydrogens is 306 g/mol. The van der Waals surface area contributed by atoms with Crippen LogP contribution in [-0.2, 0) is 18.3 Å². The van der Waals surface area contributed by atoms with Crippen LogP contribution in [0.15, 0.2) is 36.7 Å². The molecule has 0 aliphatic rings. The lowest BCUT2D eigenvalue weighted by atomic mass is 10.1. The third-order valence-corrected chi connectivity index (χ3v) is 3.85. The lowest BCUT2D eigenvalue weighted by molar-refractivity contribution is 0.143. The van der Waals surface area contributed by atoms with Crippen LogP contribution in [0.25, 0.3) is 0 Å². The molecule has 1 atom stereocenters. The third-order valence-electron chi connectivity index (χ3n) is 3.85. The Morgan fingerprint density at radius 3 is 2.79 bits per heavy atom. The molecule has 7 heteroatoms. The molecule has 0 bridgehead atoms. The van der Waals surface area contributed by atoms with Gasteiger partial charge in [0, 0.05) is 33.1 Å². The average molecular weight is 331 g/mol. The van der Waals surface area contributed by atoms with Gasteiger partial charge in [0.05, 0.1) is 30.6 Å². The summed E-state index contributed by atoms with van der Waals surface area (Å²) in [6.07, 6.45) is 4.25. The highest BCUT2D eigenvalue weighted by Crippen LogP contribution is 2.16. The molecule has 0 saturated carbocycles. The summed E-state index contributed by atoms with van der Waals surface area (Å²) in [5.74, 6) is 0. The first-order valence-corrected chi connectivity index (χ1v) is 8.07. The minimum atomic E-state index is -0.134. The second kappa shape index (κ2) is 9.02. The molecule has 7 nitrogen and oxygen atoms in total. The Morgan fingerprint density at radius 2 is 2.21 bits per heavy atom. The van der Waals surface area contributed by atoms with Crippen LogP contribution >= 0.6 is 0 Å². The molecule has 0 radical (unpaired) electrons. The van der Waals surface area contributed by atoms with Gasteiger partial charge in [0.1, 0.15) is 0 Å². The largest absolute Gasteiger partial charge is 0.383 e. The summed E-state index contributed by atoms with van der Waals surface area (Å²) < 4.78 is 6.91. The molecule has 24 heavy (non-hydrogen) atoms. The van der Waals surface area contributed by atoms with E-state index in [-0.39, 0.29) is 12.1 Å². The van der Waals surface area contributed by atoms with E-state index in [1.807, 2.05) is 38.2 Å². The number of nitrogens with one attached hydrogen (secondary N) is 1. The van der Waals surface area contributed by atoms with Gasteiger partial charge in [0.25, 0.3) is 0 Å². The van der Waals surface area contributed by atoms with Crippen LogP contribution in [-0.4, -0.2) is 46.0 Å². The van der Waals surface area contributed by atoms with Gasteiger partial charge in [-0.3, -0.25) is 9.67 Å². The van der Waals surface area contributed by atoms with Crippen LogP contribution < -0.4 is 5.32 Å². The molecule has 0 spiro atoms. The number of aromatic nitrogens is 3. The monoisotopic (exact) mass is 331 g/mol. The maximum atomic E-state index is 12.7. The van der Waals surface area contributed by atoms with Crippen molar-refractivity contribution in [2.75, 3.05) is 20.3 Å². The van der Waals surface area contributed by atoms with Gasteiger partial charge >= 0.3 is 6.03 Å². The highest BCUT2D eigenvalue weighted by Gasteiger charge is 2.20. The zero-order chi connectivity index (χ0) is 17.4. The number of nitrogens with zero attached hydrogens (tertiary/aromatic N) is 4. The summed E-state index contributed by atoms with van der Waals surface area (Å²) in [6.45, 7) is 3.46. The predicted molar refractivity (Wildman–Crippen MR) is 91.3 cm³/mol. The van der Waals surface area contributed by atoms with Crippen molar-refractivity contribution in [2.24, 2.45) is 7.05 Å². The number of methoxy groups -OCH3 is 1. The lowest BCUT2D eigenvalue weighted by Gasteiger charge is -2.26. The van der Waals surface area contributed by atoms with Crippen molar-refractivity contribution >= 4 is 6.03 Å². The van der Waals surface area contributed by atoms with Gasteiger partial charge in [-0.1, -0.05) is 13.0 Å². The standard InChI is InChI=1S/C17H25N5O2/c1-4-15(16-8-10-19-21(16)2)20-17(23)22(11-12-24-3)13-14-7-5-6-9-18-14/h5-10,15H,4,11-13H2,1-3H3,(H,20,23)/t15-/m1/s1. The SMILES string of the molecule is CC[C@@H](NC(=O)N(CCOC)Cc1ccccn1)c1ccnn1C. The maximum absolute atomic E-state index is 12.7. The number of hydrogen-bond donors (Lipinski definition) is 1. The number of amides is 2. The summed E-state index contributed by atoms with van der Waals surface area (Å²) in [5, 5.41) is 7.26. The highest BCUT2D eigenvalue weighted by atomic mass is 16.5. The Kier molecular flexibility index (Phi) is 6.74. The Labute approximate surface area is 142 Å². The van der Waals surface area contributed by atoms with Crippen LogP contribution in [0.5, 0.6) is 0 Å². The number of urea groups is 1. The van der Waals surface area contributed by atoms with Crippen LogP contribution in [0.2, 0.25) is 0 Å². The molecule has 1 N–H and O–H groups in total. The first kappa shape index (κ1) is 17.9. The average Bonchev–Trinajstić information content (AvgIpc) is 3.03. The third kappa shape index (κ3) is 4.79. The molecule has 0 fully saturated rings. The number of rotatable bonds is 8.